The summed E-state index contributed by atoms with van der Waals surface area (Å²) < 4.78 is 39.2. The van der Waals surface area contributed by atoms with Crippen molar-refractivity contribution in [1.82, 2.24) is 5.32 Å². The molecule has 0 aliphatic carbocycles. The monoisotopic (exact) mass is 467 g/mol. The minimum absolute atomic E-state index is 0.0674. The molecule has 0 spiro atoms. The first kappa shape index (κ1) is 24.9. The van der Waals surface area contributed by atoms with E-state index in [4.69, 9.17) is 13.8 Å². The zero-order valence-corrected chi connectivity index (χ0v) is 19.3. The molecular formula is C21H26NO7PS. The summed E-state index contributed by atoms with van der Waals surface area (Å²) in [5, 5.41) is 2.63. The highest BCUT2D eigenvalue weighted by atomic mass is 32.2. The Hall–Kier alpha value is -2.32. The Bertz CT molecular complexity index is 942. The first-order chi connectivity index (χ1) is 14.8. The van der Waals surface area contributed by atoms with Crippen LogP contribution in [0.2, 0.25) is 0 Å². The predicted molar refractivity (Wildman–Crippen MR) is 117 cm³/mol. The number of amides is 1. The first-order valence-electron chi connectivity index (χ1n) is 9.43. The molecule has 0 bridgehead atoms. The van der Waals surface area contributed by atoms with Crippen LogP contribution in [0.15, 0.2) is 59.5 Å². The Labute approximate surface area is 184 Å². The van der Waals surface area contributed by atoms with Crippen LogP contribution in [0.25, 0.3) is 0 Å². The van der Waals surface area contributed by atoms with Crippen molar-refractivity contribution in [3.63, 3.8) is 0 Å². The number of nitrogens with one attached hydrogen (secondary N) is 1. The lowest BCUT2D eigenvalue weighted by Crippen LogP contribution is -2.42. The van der Waals surface area contributed by atoms with Crippen molar-refractivity contribution < 1.29 is 32.1 Å². The number of carbonyl (C=O) groups excluding carboxylic acids is 2. The fourth-order valence-electron chi connectivity index (χ4n) is 2.74. The van der Waals surface area contributed by atoms with E-state index in [9.17, 15) is 18.4 Å². The van der Waals surface area contributed by atoms with Gasteiger partial charge in [0.25, 0.3) is 5.91 Å². The van der Waals surface area contributed by atoms with E-state index in [1.165, 1.54) is 21.3 Å². The molecule has 0 radical (unpaired) electrons. The molecule has 0 aromatic heterocycles. The number of methoxy groups -OCH3 is 1. The van der Waals surface area contributed by atoms with Gasteiger partial charge in [0.05, 0.1) is 24.1 Å². The molecule has 2 atom stereocenters. The van der Waals surface area contributed by atoms with Gasteiger partial charge >= 0.3 is 13.6 Å². The summed E-state index contributed by atoms with van der Waals surface area (Å²) in [7, 11) is -0.673. The maximum absolute atomic E-state index is 12.6. The van der Waals surface area contributed by atoms with E-state index in [1.54, 1.807) is 48.5 Å². The molecule has 2 aromatic rings. The third-order valence-corrected chi connectivity index (χ3v) is 7.81. The van der Waals surface area contributed by atoms with E-state index in [0.717, 1.165) is 0 Å². The van der Waals surface area contributed by atoms with Crippen LogP contribution in [0.1, 0.15) is 22.3 Å². The van der Waals surface area contributed by atoms with E-state index >= 15 is 0 Å². The van der Waals surface area contributed by atoms with Crippen LogP contribution in [0.3, 0.4) is 0 Å². The van der Waals surface area contributed by atoms with Crippen LogP contribution in [0, 0.1) is 0 Å². The smallest absolute Gasteiger partial charge is 0.334 e. The number of ether oxygens (including phenoxy) is 1. The molecule has 0 fully saturated rings. The summed E-state index contributed by atoms with van der Waals surface area (Å²) in [6.45, 7) is 0. The van der Waals surface area contributed by atoms with Gasteiger partial charge in [-0.15, -0.1) is 0 Å². The van der Waals surface area contributed by atoms with Crippen LogP contribution in [0.4, 0.5) is 0 Å². The van der Waals surface area contributed by atoms with Gasteiger partial charge in [-0.3, -0.25) is 13.6 Å². The minimum atomic E-state index is -3.22. The van der Waals surface area contributed by atoms with Gasteiger partial charge in [-0.2, -0.15) is 0 Å². The Morgan fingerprint density at radius 2 is 1.61 bits per heavy atom. The highest BCUT2D eigenvalue weighted by Crippen LogP contribution is 2.49. The van der Waals surface area contributed by atoms with E-state index in [1.807, 2.05) is 6.07 Å². The number of benzene rings is 2. The van der Waals surface area contributed by atoms with Crippen LogP contribution in [0.5, 0.6) is 0 Å². The maximum atomic E-state index is 12.6. The molecule has 0 saturated carbocycles. The van der Waals surface area contributed by atoms with Crippen LogP contribution in [-0.4, -0.2) is 49.2 Å². The molecule has 0 saturated heterocycles. The molecule has 2 aromatic carbocycles. The summed E-state index contributed by atoms with van der Waals surface area (Å²) in [4.78, 5) is 25.4. The SMILES string of the molecule is COC(=O)[C@H](CC[S@](=O)c1ccccc1)NC(=O)c1ccc(CP(=O)(OC)OC)cc1. The predicted octanol–water partition coefficient (Wildman–Crippen LogP) is 3.14. The van der Waals surface area contributed by atoms with Gasteiger partial charge in [0.2, 0.25) is 0 Å². The van der Waals surface area contributed by atoms with Crippen molar-refractivity contribution >= 4 is 30.3 Å². The molecule has 31 heavy (non-hydrogen) atoms. The van der Waals surface area contributed by atoms with Gasteiger partial charge in [0.15, 0.2) is 0 Å². The molecule has 168 valence electrons. The van der Waals surface area contributed by atoms with Gasteiger partial charge < -0.3 is 19.1 Å². The summed E-state index contributed by atoms with van der Waals surface area (Å²) in [6.07, 6.45) is 0.223. The molecule has 8 nitrogen and oxygen atoms in total. The number of hydrogen-bond donors (Lipinski definition) is 1. The second-order valence-corrected chi connectivity index (χ2v) is 10.4. The number of esters is 1. The maximum Gasteiger partial charge on any atom is 0.334 e. The second kappa shape index (κ2) is 11.9. The number of hydrogen-bond acceptors (Lipinski definition) is 7. The molecule has 1 N–H and O–H groups in total. The third kappa shape index (κ3) is 7.40. The van der Waals surface area contributed by atoms with Gasteiger partial charge in [0.1, 0.15) is 6.04 Å². The van der Waals surface area contributed by atoms with Gasteiger partial charge in [-0.05, 0) is 36.2 Å². The average Bonchev–Trinajstić information content (AvgIpc) is 2.81. The first-order valence-corrected chi connectivity index (χ1v) is 12.5. The second-order valence-electron chi connectivity index (χ2n) is 6.53. The van der Waals surface area contributed by atoms with E-state index in [2.05, 4.69) is 5.32 Å². The fourth-order valence-corrected chi connectivity index (χ4v) is 4.95. The molecule has 10 heteroatoms. The number of rotatable bonds is 11. The molecule has 1 amide bonds. The van der Waals surface area contributed by atoms with Crippen molar-refractivity contribution in [3.8, 4) is 0 Å². The van der Waals surface area contributed by atoms with Gasteiger partial charge in [-0.25, -0.2) is 4.79 Å². The Balaban J connectivity index is 2.02. The Kier molecular flexibility index (Phi) is 9.58. The summed E-state index contributed by atoms with van der Waals surface area (Å²) >= 11 is 0. The molecule has 0 aliphatic heterocycles. The molecule has 0 aliphatic rings. The Morgan fingerprint density at radius 3 is 2.16 bits per heavy atom. The lowest BCUT2D eigenvalue weighted by molar-refractivity contribution is -0.142. The molecule has 0 unspecified atom stereocenters. The zero-order chi connectivity index (χ0) is 22.9. The normalized spacial score (nSPS) is 13.3. The molecule has 0 heterocycles. The van der Waals surface area contributed by atoms with Crippen molar-refractivity contribution in [2.24, 2.45) is 0 Å². The van der Waals surface area contributed by atoms with Gasteiger partial charge in [-0.1, -0.05) is 30.3 Å². The van der Waals surface area contributed by atoms with Crippen LogP contribution >= 0.6 is 7.60 Å². The minimum Gasteiger partial charge on any atom is -0.467 e. The average molecular weight is 467 g/mol. The van der Waals surface area contributed by atoms with Gasteiger partial charge in [0, 0.05) is 30.4 Å². The lowest BCUT2D eigenvalue weighted by atomic mass is 10.1. The standard InChI is InChI=1S/C21H26NO7PS/c1-27-21(24)19(13-14-31(26)18-7-5-4-6-8-18)22-20(23)17-11-9-16(10-12-17)15-30(25,28-2)29-3/h4-12,19H,13-15H2,1-3H3,(H,22,23)/t19-,31-/m0/s1. The largest absolute Gasteiger partial charge is 0.467 e. The third-order valence-electron chi connectivity index (χ3n) is 4.54. The highest BCUT2D eigenvalue weighted by Gasteiger charge is 2.24. The van der Waals surface area contributed by atoms with Crippen molar-refractivity contribution in [2.75, 3.05) is 27.1 Å². The van der Waals surface area contributed by atoms with E-state index in [0.29, 0.717) is 16.0 Å². The van der Waals surface area contributed by atoms with E-state index < -0.39 is 36.3 Å². The van der Waals surface area contributed by atoms with Crippen molar-refractivity contribution in [3.05, 3.63) is 65.7 Å². The Morgan fingerprint density at radius 1 is 1.00 bits per heavy atom. The summed E-state index contributed by atoms with van der Waals surface area (Å²) in [5.74, 6) is -0.906. The van der Waals surface area contributed by atoms with Crippen molar-refractivity contribution in [2.45, 2.75) is 23.5 Å². The summed E-state index contributed by atoms with van der Waals surface area (Å²) in [5.41, 5.74) is 0.984. The number of carbonyl (C=O) groups is 2. The van der Waals surface area contributed by atoms with E-state index in [-0.39, 0.29) is 18.3 Å². The van der Waals surface area contributed by atoms with Crippen LogP contribution in [-0.2, 0) is 40.1 Å². The summed E-state index contributed by atoms with van der Waals surface area (Å²) in [6, 6.07) is 14.3. The lowest BCUT2D eigenvalue weighted by Gasteiger charge is -2.17. The highest BCUT2D eigenvalue weighted by molar-refractivity contribution is 7.85. The molecular weight excluding hydrogens is 441 g/mol. The quantitative estimate of drug-likeness (QED) is 0.400. The topological polar surface area (TPSA) is 108 Å². The fraction of sp³-hybridized carbons (Fsp3) is 0.333. The zero-order valence-electron chi connectivity index (χ0n) is 17.6. The van der Waals surface area contributed by atoms with Crippen LogP contribution < -0.4 is 5.32 Å². The molecule has 2 rings (SSSR count). The van der Waals surface area contributed by atoms with Crippen molar-refractivity contribution in [1.29, 1.82) is 0 Å².